The Labute approximate surface area is 179 Å². The summed E-state index contributed by atoms with van der Waals surface area (Å²) in [5, 5.41) is 12.0. The molecule has 0 bridgehead atoms. The molecule has 172 valence electrons. The largest absolute Gasteiger partial charge is 0.443 e. The summed E-state index contributed by atoms with van der Waals surface area (Å²) in [6.45, 7) is 3.53. The van der Waals surface area contributed by atoms with Gasteiger partial charge >= 0.3 is 12.3 Å². The van der Waals surface area contributed by atoms with E-state index in [0.29, 0.717) is 18.5 Å². The highest BCUT2D eigenvalue weighted by Gasteiger charge is 2.41. The third-order valence-electron chi connectivity index (χ3n) is 5.08. The molecule has 0 radical (unpaired) electrons. The lowest BCUT2D eigenvalue weighted by atomic mass is 10.0. The van der Waals surface area contributed by atoms with Gasteiger partial charge in [0.25, 0.3) is 0 Å². The minimum atomic E-state index is -4.65. The number of halogens is 4. The topological polar surface area (TPSA) is 109 Å². The Morgan fingerprint density at radius 1 is 1.31 bits per heavy atom. The van der Waals surface area contributed by atoms with E-state index in [0.717, 1.165) is 6.07 Å². The van der Waals surface area contributed by atoms with Crippen molar-refractivity contribution in [2.75, 3.05) is 5.32 Å². The summed E-state index contributed by atoms with van der Waals surface area (Å²) < 4.78 is 60.9. The van der Waals surface area contributed by atoms with Crippen molar-refractivity contribution in [1.82, 2.24) is 29.9 Å². The fourth-order valence-corrected chi connectivity index (χ4v) is 3.64. The van der Waals surface area contributed by atoms with Crippen molar-refractivity contribution >= 4 is 23.5 Å². The maximum atomic E-state index is 14.9. The molecule has 3 atom stereocenters. The van der Waals surface area contributed by atoms with Crippen LogP contribution < -0.4 is 10.6 Å². The standard InChI is InChI=1S/C19H21F4N7O2/c1-9(2)25-18(31)32-12-4-3-10(16(12)20)11-7-14(29-28-11)27-17-26-13(19(21,22)23)8-15-24-5-6-30(15)17/h5-10,12,16H,3-4H2,1-2H3,(H,25,31)(H2,26,27,28,29)/t10-,12-,16-/m0/s1. The number of amides is 1. The van der Waals surface area contributed by atoms with Crippen LogP contribution in [0, 0.1) is 0 Å². The third-order valence-corrected chi connectivity index (χ3v) is 5.08. The van der Waals surface area contributed by atoms with Gasteiger partial charge in [-0.2, -0.15) is 18.3 Å². The quantitative estimate of drug-likeness (QED) is 0.503. The van der Waals surface area contributed by atoms with Crippen molar-refractivity contribution in [3.63, 3.8) is 0 Å². The van der Waals surface area contributed by atoms with Gasteiger partial charge in [0.15, 0.2) is 11.5 Å². The van der Waals surface area contributed by atoms with Crippen LogP contribution in [0.1, 0.15) is 44.0 Å². The highest BCUT2D eigenvalue weighted by Crippen LogP contribution is 2.38. The van der Waals surface area contributed by atoms with Crippen molar-refractivity contribution < 1.29 is 27.1 Å². The molecule has 1 fully saturated rings. The third kappa shape index (κ3) is 4.46. The average Bonchev–Trinajstić information content (AvgIpc) is 3.41. The van der Waals surface area contributed by atoms with Gasteiger partial charge in [-0.15, -0.1) is 0 Å². The molecular formula is C19H21F4N7O2. The minimum absolute atomic E-state index is 0.0601. The molecule has 1 saturated carbocycles. The van der Waals surface area contributed by atoms with Gasteiger partial charge in [0.2, 0.25) is 5.95 Å². The molecule has 3 heterocycles. The smallest absolute Gasteiger partial charge is 0.433 e. The zero-order valence-electron chi connectivity index (χ0n) is 17.2. The van der Waals surface area contributed by atoms with Gasteiger partial charge < -0.3 is 15.4 Å². The second kappa shape index (κ2) is 8.28. The van der Waals surface area contributed by atoms with Crippen LogP contribution in [0.25, 0.3) is 5.65 Å². The van der Waals surface area contributed by atoms with Gasteiger partial charge in [0.05, 0.1) is 0 Å². The van der Waals surface area contributed by atoms with Crippen molar-refractivity contribution in [3.05, 3.63) is 35.9 Å². The predicted molar refractivity (Wildman–Crippen MR) is 105 cm³/mol. The number of nitrogens with one attached hydrogen (secondary N) is 3. The Balaban J connectivity index is 1.49. The van der Waals surface area contributed by atoms with Crippen molar-refractivity contribution in [3.8, 4) is 0 Å². The number of alkyl halides is 4. The SMILES string of the molecule is CC(C)NC(=O)O[C@H]1CC[C@@H](c2cc(Nc3nc(C(F)(F)F)cc4nccn34)n[nH]2)[C@@H]1F. The van der Waals surface area contributed by atoms with Crippen LogP contribution in [0.3, 0.4) is 0 Å². The van der Waals surface area contributed by atoms with Gasteiger partial charge in [-0.05, 0) is 26.7 Å². The van der Waals surface area contributed by atoms with Crippen molar-refractivity contribution in [2.24, 2.45) is 0 Å². The molecule has 3 N–H and O–H groups in total. The van der Waals surface area contributed by atoms with Crippen molar-refractivity contribution in [1.29, 1.82) is 0 Å². The van der Waals surface area contributed by atoms with E-state index < -0.39 is 36.2 Å². The van der Waals surface area contributed by atoms with Gasteiger partial charge in [0, 0.05) is 42.2 Å². The Morgan fingerprint density at radius 2 is 2.09 bits per heavy atom. The molecule has 4 rings (SSSR count). The fourth-order valence-electron chi connectivity index (χ4n) is 3.64. The predicted octanol–water partition coefficient (Wildman–Crippen LogP) is 3.93. The van der Waals surface area contributed by atoms with E-state index in [1.165, 1.54) is 22.9 Å². The summed E-state index contributed by atoms with van der Waals surface area (Å²) in [6.07, 6.45) is -4.12. The number of aromatic nitrogens is 5. The van der Waals surface area contributed by atoms with Crippen LogP contribution in [0.15, 0.2) is 24.5 Å². The normalized spacial score (nSPS) is 21.3. The van der Waals surface area contributed by atoms with E-state index in [9.17, 15) is 22.4 Å². The lowest BCUT2D eigenvalue weighted by Crippen LogP contribution is -2.36. The number of nitrogens with zero attached hydrogens (tertiary/aromatic N) is 4. The van der Waals surface area contributed by atoms with E-state index >= 15 is 0 Å². The second-order valence-electron chi connectivity index (χ2n) is 7.82. The Bertz CT molecular complexity index is 1110. The average molecular weight is 455 g/mol. The first-order valence-electron chi connectivity index (χ1n) is 9.96. The van der Waals surface area contributed by atoms with Crippen LogP contribution in [0.5, 0.6) is 0 Å². The molecule has 1 amide bonds. The lowest BCUT2D eigenvalue weighted by Gasteiger charge is -2.18. The number of fused-ring (bicyclic) bond motifs is 1. The Hall–Kier alpha value is -3.38. The summed E-state index contributed by atoms with van der Waals surface area (Å²) in [5.41, 5.74) is -0.608. The second-order valence-corrected chi connectivity index (χ2v) is 7.82. The zero-order valence-corrected chi connectivity index (χ0v) is 17.2. The number of rotatable bonds is 5. The van der Waals surface area contributed by atoms with Crippen LogP contribution in [0.2, 0.25) is 0 Å². The highest BCUT2D eigenvalue weighted by molar-refractivity contribution is 5.67. The number of carbonyl (C=O) groups excluding carboxylic acids is 1. The van der Waals surface area contributed by atoms with Gasteiger partial charge in [0.1, 0.15) is 17.9 Å². The van der Waals surface area contributed by atoms with Crippen molar-refractivity contribution in [2.45, 2.75) is 57.1 Å². The minimum Gasteiger partial charge on any atom is -0.443 e. The zero-order chi connectivity index (χ0) is 23.0. The molecule has 1 aliphatic rings. The first kappa shape index (κ1) is 21.8. The van der Waals surface area contributed by atoms with Crippen LogP contribution in [0.4, 0.5) is 34.1 Å². The van der Waals surface area contributed by atoms with Crippen LogP contribution in [-0.2, 0) is 10.9 Å². The lowest BCUT2D eigenvalue weighted by molar-refractivity contribution is -0.141. The van der Waals surface area contributed by atoms with Gasteiger partial charge in [-0.3, -0.25) is 9.50 Å². The molecule has 0 spiro atoms. The molecule has 13 heteroatoms. The van der Waals surface area contributed by atoms with E-state index in [4.69, 9.17) is 4.74 Å². The Kier molecular flexibility index (Phi) is 5.65. The van der Waals surface area contributed by atoms with E-state index in [1.54, 1.807) is 13.8 Å². The number of imidazole rings is 1. The van der Waals surface area contributed by atoms with Gasteiger partial charge in [-0.1, -0.05) is 0 Å². The number of alkyl carbamates (subject to hydrolysis) is 1. The molecule has 0 aromatic carbocycles. The number of hydrogen-bond donors (Lipinski definition) is 3. The molecule has 0 saturated heterocycles. The Morgan fingerprint density at radius 3 is 2.81 bits per heavy atom. The van der Waals surface area contributed by atoms with Crippen LogP contribution >= 0.6 is 0 Å². The van der Waals surface area contributed by atoms with E-state index in [1.807, 2.05) is 0 Å². The molecular weight excluding hydrogens is 434 g/mol. The number of carbonyl (C=O) groups is 1. The number of hydrogen-bond acceptors (Lipinski definition) is 6. The van der Waals surface area contributed by atoms with Crippen LogP contribution in [-0.4, -0.2) is 49.0 Å². The molecule has 3 aromatic rings. The number of aromatic amines is 1. The summed E-state index contributed by atoms with van der Waals surface area (Å²) in [7, 11) is 0. The number of ether oxygens (including phenoxy) is 1. The first-order chi connectivity index (χ1) is 15.1. The monoisotopic (exact) mass is 455 g/mol. The first-order valence-corrected chi connectivity index (χ1v) is 9.96. The molecule has 32 heavy (non-hydrogen) atoms. The summed E-state index contributed by atoms with van der Waals surface area (Å²) in [4.78, 5) is 19.3. The molecule has 0 unspecified atom stereocenters. The number of anilines is 2. The van der Waals surface area contributed by atoms with E-state index in [-0.39, 0.29) is 23.5 Å². The summed E-state index contributed by atoms with van der Waals surface area (Å²) in [5.74, 6) is -0.575. The fraction of sp³-hybridized carbons (Fsp3) is 0.474. The number of H-pyrrole nitrogens is 1. The highest BCUT2D eigenvalue weighted by atomic mass is 19.4. The maximum absolute atomic E-state index is 14.9. The maximum Gasteiger partial charge on any atom is 0.433 e. The summed E-state index contributed by atoms with van der Waals surface area (Å²) in [6, 6.07) is 2.20. The molecule has 1 aliphatic carbocycles. The molecule has 3 aromatic heterocycles. The summed E-state index contributed by atoms with van der Waals surface area (Å²) >= 11 is 0. The van der Waals surface area contributed by atoms with Gasteiger partial charge in [-0.25, -0.2) is 19.2 Å². The molecule has 0 aliphatic heterocycles. The molecule has 9 nitrogen and oxygen atoms in total. The van der Waals surface area contributed by atoms with E-state index in [2.05, 4.69) is 30.8 Å².